The number of likely N-dealkylation sites (tertiary alicyclic amines) is 1. The van der Waals surface area contributed by atoms with Crippen molar-refractivity contribution >= 4 is 28.7 Å². The van der Waals surface area contributed by atoms with Gasteiger partial charge in [0.05, 0.1) is 12.6 Å². The van der Waals surface area contributed by atoms with Crippen molar-refractivity contribution in [1.82, 2.24) is 10.4 Å². The van der Waals surface area contributed by atoms with Crippen LogP contribution in [0.4, 0.5) is 5.88 Å². The van der Waals surface area contributed by atoms with E-state index in [2.05, 4.69) is 4.90 Å². The van der Waals surface area contributed by atoms with Gasteiger partial charge in [0.15, 0.2) is 0 Å². The first-order valence-electron chi connectivity index (χ1n) is 11.1. The van der Waals surface area contributed by atoms with Gasteiger partial charge < -0.3 is 14.3 Å². The fraction of sp³-hybridized carbons (Fsp3) is 0.280. The third-order valence-electron chi connectivity index (χ3n) is 5.62. The number of hydrogen-bond acceptors (Lipinski definition) is 7. The molecule has 1 fully saturated rings. The van der Waals surface area contributed by atoms with Crippen molar-refractivity contribution in [3.63, 3.8) is 0 Å². The summed E-state index contributed by atoms with van der Waals surface area (Å²) in [4.78, 5) is 28.1. The van der Waals surface area contributed by atoms with E-state index in [1.54, 1.807) is 23.7 Å². The molecule has 1 aliphatic rings. The summed E-state index contributed by atoms with van der Waals surface area (Å²) in [7, 11) is 0. The topological polar surface area (TPSA) is 115 Å². The molecule has 3 N–H and O–H groups in total. The standard InChI is InChI=1S/C25H27N3O6/c29-20-11-13-27(17-20)12-3-6-23(30)28(24-16-19-4-1-2-5-22(19)34-24)14-15-33-21-9-7-18(8-10-21)25(31)26-32/h1-10,16,20,29,32H,11-15,17H2,(H,26,31). The number of benzene rings is 2. The summed E-state index contributed by atoms with van der Waals surface area (Å²) in [6.45, 7) is 2.43. The number of ether oxygens (including phenoxy) is 1. The first-order chi connectivity index (χ1) is 16.5. The van der Waals surface area contributed by atoms with Crippen LogP contribution in [0.3, 0.4) is 0 Å². The van der Waals surface area contributed by atoms with Crippen molar-refractivity contribution in [1.29, 1.82) is 0 Å². The fourth-order valence-corrected chi connectivity index (χ4v) is 3.82. The summed E-state index contributed by atoms with van der Waals surface area (Å²) in [5.74, 6) is 0.0986. The number of fused-ring (bicyclic) bond motifs is 1. The highest BCUT2D eigenvalue weighted by molar-refractivity contribution is 6.01. The van der Waals surface area contributed by atoms with Crippen LogP contribution in [0, 0.1) is 0 Å². The molecule has 1 unspecified atom stereocenters. The molecular formula is C25H27N3O6. The van der Waals surface area contributed by atoms with E-state index in [1.165, 1.54) is 23.1 Å². The van der Waals surface area contributed by atoms with Crippen LogP contribution >= 0.6 is 0 Å². The van der Waals surface area contributed by atoms with Crippen LogP contribution in [0.1, 0.15) is 16.8 Å². The molecule has 2 aromatic carbocycles. The van der Waals surface area contributed by atoms with E-state index in [0.29, 0.717) is 35.9 Å². The van der Waals surface area contributed by atoms with Crippen LogP contribution in [0.25, 0.3) is 11.0 Å². The van der Waals surface area contributed by atoms with Gasteiger partial charge in [-0.1, -0.05) is 24.3 Å². The number of nitrogens with zero attached hydrogens (tertiary/aromatic N) is 2. The quantitative estimate of drug-likeness (QED) is 0.253. The van der Waals surface area contributed by atoms with Crippen molar-refractivity contribution in [3.05, 3.63) is 72.3 Å². The van der Waals surface area contributed by atoms with Gasteiger partial charge in [-0.3, -0.25) is 24.6 Å². The van der Waals surface area contributed by atoms with Crippen LogP contribution in [0.15, 0.2) is 71.2 Å². The number of aliphatic hydroxyl groups excluding tert-OH is 1. The summed E-state index contributed by atoms with van der Waals surface area (Å²) in [6.07, 6.45) is 3.75. The molecule has 2 amide bonds. The molecule has 1 saturated heterocycles. The first kappa shape index (κ1) is 23.5. The Morgan fingerprint density at radius 3 is 2.71 bits per heavy atom. The minimum absolute atomic E-state index is 0.195. The van der Waals surface area contributed by atoms with Gasteiger partial charge >= 0.3 is 0 Å². The molecule has 1 aromatic heterocycles. The molecule has 0 bridgehead atoms. The number of hydrogen-bond donors (Lipinski definition) is 3. The first-order valence-corrected chi connectivity index (χ1v) is 11.1. The maximum absolute atomic E-state index is 13.0. The molecule has 9 heteroatoms. The number of anilines is 1. The predicted octanol–water partition coefficient (Wildman–Crippen LogP) is 2.59. The van der Waals surface area contributed by atoms with E-state index < -0.39 is 5.91 Å². The van der Waals surface area contributed by atoms with Crippen molar-refractivity contribution in [2.45, 2.75) is 12.5 Å². The van der Waals surface area contributed by atoms with Crippen molar-refractivity contribution in [2.24, 2.45) is 0 Å². The maximum atomic E-state index is 13.0. The average Bonchev–Trinajstić information content (AvgIpc) is 3.47. The van der Waals surface area contributed by atoms with Crippen LogP contribution in [0.5, 0.6) is 5.75 Å². The van der Waals surface area contributed by atoms with E-state index in [9.17, 15) is 14.7 Å². The Balaban J connectivity index is 1.42. The number of hydroxylamine groups is 1. The number of β-amino-alcohol motifs (C(OH)–C–C–N with tert-alkyl or cyclic N) is 1. The zero-order valence-electron chi connectivity index (χ0n) is 18.6. The van der Waals surface area contributed by atoms with Gasteiger partial charge in [-0.15, -0.1) is 0 Å². The Bertz CT molecular complexity index is 1120. The van der Waals surface area contributed by atoms with Gasteiger partial charge in [-0.05, 0) is 36.8 Å². The molecule has 0 spiro atoms. The van der Waals surface area contributed by atoms with Gasteiger partial charge in [0, 0.05) is 42.7 Å². The van der Waals surface area contributed by atoms with Crippen LogP contribution in [0.2, 0.25) is 0 Å². The van der Waals surface area contributed by atoms with Crippen molar-refractivity contribution in [2.75, 3.05) is 37.7 Å². The molecule has 1 aliphatic heterocycles. The van der Waals surface area contributed by atoms with E-state index >= 15 is 0 Å². The number of nitrogens with one attached hydrogen (secondary N) is 1. The van der Waals surface area contributed by atoms with Gasteiger partial charge in [0.2, 0.25) is 5.88 Å². The van der Waals surface area contributed by atoms with Crippen LogP contribution in [-0.2, 0) is 4.79 Å². The molecule has 178 valence electrons. The predicted molar refractivity (Wildman–Crippen MR) is 126 cm³/mol. The lowest BCUT2D eigenvalue weighted by Crippen LogP contribution is -2.33. The largest absolute Gasteiger partial charge is 0.492 e. The highest BCUT2D eigenvalue weighted by Crippen LogP contribution is 2.26. The Morgan fingerprint density at radius 1 is 1.21 bits per heavy atom. The van der Waals surface area contributed by atoms with Gasteiger partial charge in [-0.2, -0.15) is 0 Å². The van der Waals surface area contributed by atoms with Gasteiger partial charge in [0.1, 0.15) is 17.9 Å². The second kappa shape index (κ2) is 11.0. The van der Waals surface area contributed by atoms with Crippen LogP contribution < -0.4 is 15.1 Å². The highest BCUT2D eigenvalue weighted by Gasteiger charge is 2.20. The third kappa shape index (κ3) is 5.82. The molecule has 2 heterocycles. The summed E-state index contributed by atoms with van der Waals surface area (Å²) in [6, 6.07) is 15.6. The lowest BCUT2D eigenvalue weighted by molar-refractivity contribution is -0.114. The molecule has 0 aliphatic carbocycles. The smallest absolute Gasteiger partial charge is 0.274 e. The Kier molecular flexibility index (Phi) is 7.58. The molecule has 0 radical (unpaired) electrons. The normalized spacial score (nSPS) is 16.2. The van der Waals surface area contributed by atoms with E-state index in [4.69, 9.17) is 14.4 Å². The minimum Gasteiger partial charge on any atom is -0.492 e. The molecular weight excluding hydrogens is 438 g/mol. The molecule has 34 heavy (non-hydrogen) atoms. The van der Waals surface area contributed by atoms with E-state index in [0.717, 1.165) is 18.4 Å². The maximum Gasteiger partial charge on any atom is 0.274 e. The lowest BCUT2D eigenvalue weighted by atomic mass is 10.2. The SMILES string of the molecule is O=C(NO)c1ccc(OCCN(C(=O)C=CCN2CCC(O)C2)c2cc3ccccc3o2)cc1. The van der Waals surface area contributed by atoms with Crippen molar-refractivity contribution < 1.29 is 29.1 Å². The van der Waals surface area contributed by atoms with E-state index in [1.807, 2.05) is 30.3 Å². The molecule has 9 nitrogen and oxygen atoms in total. The lowest BCUT2D eigenvalue weighted by Gasteiger charge is -2.19. The summed E-state index contributed by atoms with van der Waals surface area (Å²) in [5, 5.41) is 19.3. The molecule has 3 aromatic rings. The zero-order valence-corrected chi connectivity index (χ0v) is 18.6. The summed E-state index contributed by atoms with van der Waals surface area (Å²) in [5.41, 5.74) is 2.56. The van der Waals surface area contributed by atoms with Gasteiger partial charge in [0.25, 0.3) is 11.8 Å². The van der Waals surface area contributed by atoms with Crippen LogP contribution in [-0.4, -0.2) is 65.9 Å². The number of furan rings is 1. The zero-order chi connectivity index (χ0) is 23.9. The minimum atomic E-state index is -0.608. The number of rotatable bonds is 9. The molecule has 4 rings (SSSR count). The summed E-state index contributed by atoms with van der Waals surface area (Å²) >= 11 is 0. The average molecular weight is 466 g/mol. The molecule has 0 saturated carbocycles. The number of para-hydroxylation sites is 1. The Labute approximate surface area is 196 Å². The monoisotopic (exact) mass is 465 g/mol. The second-order valence-corrected chi connectivity index (χ2v) is 8.03. The second-order valence-electron chi connectivity index (χ2n) is 8.03. The number of carbonyl (C=O) groups is 2. The molecule has 1 atom stereocenters. The highest BCUT2D eigenvalue weighted by atomic mass is 16.5. The summed E-state index contributed by atoms with van der Waals surface area (Å²) < 4.78 is 11.7. The number of aliphatic hydroxyl groups is 1. The Morgan fingerprint density at radius 2 is 2.00 bits per heavy atom. The van der Waals surface area contributed by atoms with E-state index in [-0.39, 0.29) is 25.2 Å². The number of carbonyl (C=O) groups excluding carboxylic acids is 2. The van der Waals surface area contributed by atoms with Gasteiger partial charge in [-0.25, -0.2) is 5.48 Å². The number of amides is 2. The third-order valence-corrected chi connectivity index (χ3v) is 5.62. The Hall–Kier alpha value is -3.66. The fourth-order valence-electron chi connectivity index (χ4n) is 3.82. The van der Waals surface area contributed by atoms with Crippen molar-refractivity contribution in [3.8, 4) is 5.75 Å².